The number of phenolic OH excluding ortho intramolecular Hbond substituents is 2. The summed E-state index contributed by atoms with van der Waals surface area (Å²) in [5, 5.41) is 18.0. The molecule has 2 aromatic rings. The van der Waals surface area contributed by atoms with Gasteiger partial charge in [-0.2, -0.15) is 0 Å². The van der Waals surface area contributed by atoms with Gasteiger partial charge in [-0.15, -0.1) is 25.3 Å². The number of rotatable bonds is 2. The number of aromatic hydroxyl groups is 2. The molecule has 0 aliphatic rings. The topological polar surface area (TPSA) is 121 Å². The molecule has 0 heterocycles. The van der Waals surface area contributed by atoms with E-state index in [1.807, 2.05) is 0 Å². The van der Waals surface area contributed by atoms with Gasteiger partial charge in [-0.05, 0) is 58.6 Å². The first-order valence-electron chi connectivity index (χ1n) is 5.45. The van der Waals surface area contributed by atoms with Gasteiger partial charge < -0.3 is 19.3 Å². The van der Waals surface area contributed by atoms with Crippen LogP contribution in [0.15, 0.2) is 56.0 Å². The molecule has 0 saturated heterocycles. The zero-order valence-corrected chi connectivity index (χ0v) is 17.8. The van der Waals surface area contributed by atoms with Crippen molar-refractivity contribution in [1.29, 1.82) is 0 Å². The molecule has 120 valence electrons. The summed E-state index contributed by atoms with van der Waals surface area (Å²) in [6, 6.07) is 7.86. The molecule has 2 aromatic carbocycles. The minimum atomic E-state index is -2.29. The van der Waals surface area contributed by atoms with Crippen LogP contribution in [-0.2, 0) is 41.6 Å². The van der Waals surface area contributed by atoms with Crippen LogP contribution in [0.5, 0.6) is 11.5 Å². The summed E-state index contributed by atoms with van der Waals surface area (Å²) in [5.41, 5.74) is 0. The number of thiol groups is 2. The summed E-state index contributed by atoms with van der Waals surface area (Å²) in [6.07, 6.45) is 0. The van der Waals surface area contributed by atoms with Crippen molar-refractivity contribution in [2.75, 3.05) is 0 Å². The maximum atomic E-state index is 10.3. The average Bonchev–Trinajstić information content (AvgIpc) is 2.45. The summed E-state index contributed by atoms with van der Waals surface area (Å²) < 4.78 is 41.3. The summed E-state index contributed by atoms with van der Waals surface area (Å²) in [5.74, 6) is -0.259. The smallest absolute Gasteiger partial charge is 0.768 e. The molecule has 2 N–H and O–H groups in total. The molecule has 0 bridgehead atoms. The third kappa shape index (κ3) is 7.34. The molecule has 0 aromatic heterocycles. The van der Waals surface area contributed by atoms with E-state index in [4.69, 9.17) is 10.2 Å². The SMILES string of the molecule is O=S([O-])c1ccc(S)c(O)c1.O=S([O-])c1ccc(S)c(O)c1.[Zn+2]. The second-order valence-electron chi connectivity index (χ2n) is 3.77. The normalized spacial score (nSPS) is 12.3. The third-order valence-corrected chi connectivity index (χ3v) is 4.31. The third-order valence-electron chi connectivity index (χ3n) is 2.28. The van der Waals surface area contributed by atoms with Crippen LogP contribution < -0.4 is 0 Å². The molecular weight excluding hydrogens is 434 g/mol. The van der Waals surface area contributed by atoms with Gasteiger partial charge in [0.15, 0.2) is 0 Å². The second-order valence-corrected chi connectivity index (χ2v) is 6.62. The maximum absolute atomic E-state index is 10.3. The fourth-order valence-electron chi connectivity index (χ4n) is 1.21. The van der Waals surface area contributed by atoms with Crippen molar-refractivity contribution in [3.05, 3.63) is 36.4 Å². The van der Waals surface area contributed by atoms with Crippen LogP contribution in [0.1, 0.15) is 0 Å². The van der Waals surface area contributed by atoms with Crippen LogP contribution in [-0.4, -0.2) is 27.7 Å². The van der Waals surface area contributed by atoms with Crippen molar-refractivity contribution in [2.45, 2.75) is 19.6 Å². The molecule has 0 aliphatic heterocycles. The van der Waals surface area contributed by atoms with E-state index in [1.54, 1.807) is 0 Å². The largest absolute Gasteiger partial charge is 2.00 e. The van der Waals surface area contributed by atoms with Crippen LogP contribution in [0, 0.1) is 0 Å². The average molecular weight is 444 g/mol. The molecule has 2 unspecified atom stereocenters. The number of benzene rings is 2. The fraction of sp³-hybridized carbons (Fsp3) is 0. The molecular formula is C12H10O6S4Zn. The van der Waals surface area contributed by atoms with Gasteiger partial charge in [-0.3, -0.25) is 8.42 Å². The summed E-state index contributed by atoms with van der Waals surface area (Å²) in [4.78, 5) is 0.832. The Kier molecular flexibility index (Phi) is 10.3. The van der Waals surface area contributed by atoms with E-state index in [1.165, 1.54) is 24.3 Å². The molecule has 0 saturated carbocycles. The summed E-state index contributed by atoms with van der Waals surface area (Å²) in [6.45, 7) is 0. The van der Waals surface area contributed by atoms with Gasteiger partial charge >= 0.3 is 19.5 Å². The van der Waals surface area contributed by atoms with Crippen molar-refractivity contribution in [3.63, 3.8) is 0 Å². The fourth-order valence-corrected chi connectivity index (χ4v) is 2.27. The van der Waals surface area contributed by atoms with Gasteiger partial charge in [0.05, 0.1) is 0 Å². The Morgan fingerprint density at radius 2 is 1.09 bits per heavy atom. The monoisotopic (exact) mass is 442 g/mol. The zero-order chi connectivity index (χ0) is 16.9. The van der Waals surface area contributed by atoms with E-state index >= 15 is 0 Å². The minimum Gasteiger partial charge on any atom is -0.768 e. The van der Waals surface area contributed by atoms with Crippen molar-refractivity contribution >= 4 is 47.4 Å². The van der Waals surface area contributed by atoms with Gasteiger partial charge in [-0.25, -0.2) is 0 Å². The summed E-state index contributed by atoms with van der Waals surface area (Å²) in [7, 11) is 0. The Balaban J connectivity index is 0.000000403. The zero-order valence-electron chi connectivity index (χ0n) is 11.4. The quantitative estimate of drug-likeness (QED) is 0.319. The van der Waals surface area contributed by atoms with E-state index in [2.05, 4.69) is 25.3 Å². The van der Waals surface area contributed by atoms with Gasteiger partial charge in [0.1, 0.15) is 11.5 Å². The molecule has 2 rings (SSSR count). The van der Waals surface area contributed by atoms with Crippen molar-refractivity contribution in [1.82, 2.24) is 0 Å². The first-order valence-corrected chi connectivity index (χ1v) is 8.49. The minimum absolute atomic E-state index is 0. The number of phenols is 2. The van der Waals surface area contributed by atoms with Crippen molar-refractivity contribution < 1.29 is 47.2 Å². The Bertz CT molecular complexity index is 663. The van der Waals surface area contributed by atoms with Crippen LogP contribution in [0.2, 0.25) is 0 Å². The Morgan fingerprint density at radius 3 is 1.30 bits per heavy atom. The standard InChI is InChI=1S/2C6H6O3S2.Zn/c2*7-5-3-4(11(8)9)1-2-6(5)10;/h2*1-3,7,10H,(H,8,9);/q;;+2/p-2. The molecule has 0 spiro atoms. The molecule has 0 radical (unpaired) electrons. The predicted molar refractivity (Wildman–Crippen MR) is 85.1 cm³/mol. The van der Waals surface area contributed by atoms with Crippen molar-refractivity contribution in [3.8, 4) is 11.5 Å². The predicted octanol–water partition coefficient (Wildman–Crippen LogP) is 1.84. The van der Waals surface area contributed by atoms with Crippen LogP contribution in [0.4, 0.5) is 0 Å². The van der Waals surface area contributed by atoms with Gasteiger partial charge in [0.25, 0.3) is 0 Å². The first kappa shape index (κ1) is 22.6. The van der Waals surface area contributed by atoms with Crippen LogP contribution >= 0.6 is 25.3 Å². The van der Waals surface area contributed by atoms with E-state index in [0.717, 1.165) is 12.1 Å². The molecule has 0 amide bonds. The van der Waals surface area contributed by atoms with E-state index in [9.17, 15) is 17.5 Å². The molecule has 6 nitrogen and oxygen atoms in total. The van der Waals surface area contributed by atoms with Gasteiger partial charge in [0, 0.05) is 19.6 Å². The van der Waals surface area contributed by atoms with E-state index < -0.39 is 22.2 Å². The Hall–Kier alpha value is -0.417. The molecule has 0 aliphatic carbocycles. The second kappa shape index (κ2) is 10.4. The number of hydrogen-bond donors (Lipinski definition) is 4. The van der Waals surface area contributed by atoms with E-state index in [0.29, 0.717) is 9.79 Å². The van der Waals surface area contributed by atoms with Gasteiger partial charge in [-0.1, -0.05) is 0 Å². The number of hydrogen-bond acceptors (Lipinski definition) is 8. The maximum Gasteiger partial charge on any atom is 2.00 e. The van der Waals surface area contributed by atoms with E-state index in [-0.39, 0.29) is 40.8 Å². The van der Waals surface area contributed by atoms with Crippen LogP contribution in [0.3, 0.4) is 0 Å². The van der Waals surface area contributed by atoms with Gasteiger partial charge in [0.2, 0.25) is 0 Å². The first-order chi connectivity index (χ1) is 10.2. The molecule has 23 heavy (non-hydrogen) atoms. The Labute approximate surface area is 161 Å². The van der Waals surface area contributed by atoms with Crippen molar-refractivity contribution in [2.24, 2.45) is 0 Å². The molecule has 2 atom stereocenters. The molecule has 11 heteroatoms. The van der Waals surface area contributed by atoms with Crippen LogP contribution in [0.25, 0.3) is 0 Å². The molecule has 0 fully saturated rings. The Morgan fingerprint density at radius 1 is 0.783 bits per heavy atom. The summed E-state index contributed by atoms with van der Waals surface area (Å²) >= 11 is 3.14.